The Labute approximate surface area is 166 Å². The summed E-state index contributed by atoms with van der Waals surface area (Å²) in [6.45, 7) is 4.34. The maximum Gasteiger partial charge on any atom is 0.220 e. The zero-order chi connectivity index (χ0) is 19.4. The van der Waals surface area contributed by atoms with Gasteiger partial charge in [-0.15, -0.1) is 0 Å². The van der Waals surface area contributed by atoms with Crippen molar-refractivity contribution in [2.24, 2.45) is 0 Å². The number of hydrogen-bond acceptors (Lipinski definition) is 2. The minimum atomic E-state index is -0.298. The summed E-state index contributed by atoms with van der Waals surface area (Å²) in [7, 11) is 0. The number of benzene rings is 2. The molecule has 0 saturated carbocycles. The third-order valence-electron chi connectivity index (χ3n) is 4.54. The number of aryl methyl sites for hydroxylation is 2. The van der Waals surface area contributed by atoms with E-state index < -0.39 is 0 Å². The molecular weight excluding hydrogens is 409 g/mol. The summed E-state index contributed by atoms with van der Waals surface area (Å²) in [6.07, 6.45) is 0.607. The van der Waals surface area contributed by atoms with E-state index in [1.807, 2.05) is 48.9 Å². The number of aromatic nitrogens is 2. The van der Waals surface area contributed by atoms with E-state index in [9.17, 15) is 9.18 Å². The summed E-state index contributed by atoms with van der Waals surface area (Å²) in [6, 6.07) is 14.8. The van der Waals surface area contributed by atoms with Gasteiger partial charge in [0.15, 0.2) is 0 Å². The second-order valence-electron chi connectivity index (χ2n) is 6.41. The smallest absolute Gasteiger partial charge is 0.220 e. The van der Waals surface area contributed by atoms with Crippen LogP contribution in [0.3, 0.4) is 0 Å². The number of carbonyl (C=O) groups excluding carboxylic acids is 1. The van der Waals surface area contributed by atoms with Gasteiger partial charge in [-0.25, -0.2) is 9.07 Å². The number of nitrogens with zero attached hydrogens (tertiary/aromatic N) is 2. The largest absolute Gasteiger partial charge is 0.352 e. The van der Waals surface area contributed by atoms with Crippen LogP contribution in [0, 0.1) is 19.7 Å². The number of hydrogen-bond donors (Lipinski definition) is 1. The van der Waals surface area contributed by atoms with Crippen molar-refractivity contribution in [3.8, 4) is 5.69 Å². The van der Waals surface area contributed by atoms with E-state index in [2.05, 4.69) is 26.3 Å². The average Bonchev–Trinajstić information content (AvgIpc) is 2.94. The molecule has 3 rings (SSSR count). The summed E-state index contributed by atoms with van der Waals surface area (Å²) < 4.78 is 16.4. The molecule has 1 aromatic heterocycles. The third-order valence-corrected chi connectivity index (χ3v) is 5.03. The Morgan fingerprint density at radius 1 is 1.19 bits per heavy atom. The molecule has 1 heterocycles. The Balaban J connectivity index is 1.61. The van der Waals surface area contributed by atoms with E-state index in [-0.39, 0.29) is 18.1 Å². The van der Waals surface area contributed by atoms with Gasteiger partial charge in [-0.2, -0.15) is 5.10 Å². The zero-order valence-corrected chi connectivity index (χ0v) is 16.9. The highest BCUT2D eigenvalue weighted by molar-refractivity contribution is 9.10. The molecule has 3 aromatic rings. The summed E-state index contributed by atoms with van der Waals surface area (Å²) in [4.78, 5) is 12.2. The van der Waals surface area contributed by atoms with Crippen molar-refractivity contribution >= 4 is 21.8 Å². The molecule has 1 N–H and O–H groups in total. The summed E-state index contributed by atoms with van der Waals surface area (Å²) in [5.41, 5.74) is 4.41. The number of halogens is 2. The van der Waals surface area contributed by atoms with Crippen LogP contribution in [-0.2, 0) is 17.8 Å². The molecule has 27 heavy (non-hydrogen) atoms. The Hall–Kier alpha value is -2.47. The normalized spacial score (nSPS) is 10.8. The molecule has 0 aliphatic rings. The van der Waals surface area contributed by atoms with Crippen LogP contribution in [0.15, 0.2) is 53.0 Å². The van der Waals surface area contributed by atoms with Crippen LogP contribution in [0.2, 0.25) is 0 Å². The van der Waals surface area contributed by atoms with Crippen LogP contribution in [0.4, 0.5) is 4.39 Å². The van der Waals surface area contributed by atoms with Gasteiger partial charge < -0.3 is 5.32 Å². The van der Waals surface area contributed by atoms with Crippen molar-refractivity contribution in [3.63, 3.8) is 0 Å². The van der Waals surface area contributed by atoms with Gasteiger partial charge in [-0.3, -0.25) is 4.79 Å². The lowest BCUT2D eigenvalue weighted by Gasteiger charge is -2.08. The molecule has 0 bridgehead atoms. The van der Waals surface area contributed by atoms with E-state index in [1.165, 1.54) is 6.07 Å². The fraction of sp³-hybridized carbons (Fsp3) is 0.238. The van der Waals surface area contributed by atoms with Crippen LogP contribution in [0.1, 0.15) is 28.9 Å². The monoisotopic (exact) mass is 429 g/mol. The number of rotatable bonds is 6. The zero-order valence-electron chi connectivity index (χ0n) is 15.3. The molecule has 0 radical (unpaired) electrons. The first kappa shape index (κ1) is 19.3. The van der Waals surface area contributed by atoms with Crippen LogP contribution < -0.4 is 5.32 Å². The Bertz CT molecular complexity index is 954. The molecule has 140 valence electrons. The van der Waals surface area contributed by atoms with Crippen LogP contribution in [0.25, 0.3) is 5.69 Å². The fourth-order valence-electron chi connectivity index (χ4n) is 3.00. The minimum Gasteiger partial charge on any atom is -0.352 e. The highest BCUT2D eigenvalue weighted by atomic mass is 79.9. The van der Waals surface area contributed by atoms with Crippen molar-refractivity contribution in [2.75, 3.05) is 0 Å². The van der Waals surface area contributed by atoms with Gasteiger partial charge >= 0.3 is 0 Å². The van der Waals surface area contributed by atoms with Crippen molar-refractivity contribution in [1.29, 1.82) is 0 Å². The number of nitrogens with one attached hydrogen (secondary N) is 1. The van der Waals surface area contributed by atoms with Crippen molar-refractivity contribution < 1.29 is 9.18 Å². The lowest BCUT2D eigenvalue weighted by molar-refractivity contribution is -0.121. The summed E-state index contributed by atoms with van der Waals surface area (Å²) >= 11 is 3.23. The van der Waals surface area contributed by atoms with Gasteiger partial charge in [0.2, 0.25) is 5.91 Å². The van der Waals surface area contributed by atoms with Gasteiger partial charge in [-0.05, 0) is 50.1 Å². The van der Waals surface area contributed by atoms with Crippen molar-refractivity contribution in [1.82, 2.24) is 15.1 Å². The minimum absolute atomic E-state index is 0.108. The van der Waals surface area contributed by atoms with Gasteiger partial charge in [-0.1, -0.05) is 40.2 Å². The predicted molar refractivity (Wildman–Crippen MR) is 107 cm³/mol. The van der Waals surface area contributed by atoms with Gasteiger partial charge in [0, 0.05) is 28.7 Å². The van der Waals surface area contributed by atoms with Gasteiger partial charge in [0.1, 0.15) is 5.82 Å². The van der Waals surface area contributed by atoms with E-state index >= 15 is 0 Å². The second-order valence-corrected chi connectivity index (χ2v) is 7.32. The van der Waals surface area contributed by atoms with Crippen molar-refractivity contribution in [3.05, 3.63) is 81.3 Å². The Kier molecular flexibility index (Phi) is 6.06. The lowest BCUT2D eigenvalue weighted by atomic mass is 10.1. The van der Waals surface area contributed by atoms with Crippen LogP contribution in [-0.4, -0.2) is 15.7 Å². The van der Waals surface area contributed by atoms with E-state index in [0.29, 0.717) is 23.0 Å². The summed E-state index contributed by atoms with van der Waals surface area (Å²) in [5, 5.41) is 7.51. The van der Waals surface area contributed by atoms with E-state index in [4.69, 9.17) is 0 Å². The number of carbonyl (C=O) groups is 1. The lowest BCUT2D eigenvalue weighted by Crippen LogP contribution is -2.23. The molecule has 1 amide bonds. The van der Waals surface area contributed by atoms with E-state index in [0.717, 1.165) is 22.6 Å². The highest BCUT2D eigenvalue weighted by Crippen LogP contribution is 2.18. The van der Waals surface area contributed by atoms with Crippen LogP contribution >= 0.6 is 15.9 Å². The first-order chi connectivity index (χ1) is 13.0. The molecule has 2 aromatic carbocycles. The molecule has 0 spiro atoms. The summed E-state index contributed by atoms with van der Waals surface area (Å²) in [5.74, 6) is -0.406. The fourth-order valence-corrected chi connectivity index (χ4v) is 3.33. The van der Waals surface area contributed by atoms with Crippen molar-refractivity contribution in [2.45, 2.75) is 33.2 Å². The number of amides is 1. The molecule has 4 nitrogen and oxygen atoms in total. The molecule has 0 saturated heterocycles. The van der Waals surface area contributed by atoms with Crippen LogP contribution in [0.5, 0.6) is 0 Å². The SMILES string of the molecule is Cc1nn(-c2ccccc2)c(C)c1CNC(=O)CCc1ccc(Br)cc1F. The first-order valence-electron chi connectivity index (χ1n) is 8.77. The third kappa shape index (κ3) is 4.63. The van der Waals surface area contributed by atoms with Gasteiger partial charge in [0.25, 0.3) is 0 Å². The predicted octanol–water partition coefficient (Wildman–Crippen LogP) is 4.64. The molecule has 0 aliphatic carbocycles. The topological polar surface area (TPSA) is 46.9 Å². The maximum absolute atomic E-state index is 13.8. The maximum atomic E-state index is 13.8. The van der Waals surface area contributed by atoms with E-state index in [1.54, 1.807) is 12.1 Å². The highest BCUT2D eigenvalue weighted by Gasteiger charge is 2.14. The standard InChI is InChI=1S/C21H21BrFN3O/c1-14-19(15(2)26(25-14)18-6-4-3-5-7-18)13-24-21(27)11-9-16-8-10-17(22)12-20(16)23/h3-8,10,12H,9,11,13H2,1-2H3,(H,24,27). The Morgan fingerprint density at radius 3 is 2.63 bits per heavy atom. The molecule has 0 atom stereocenters. The van der Waals surface area contributed by atoms with Gasteiger partial charge in [0.05, 0.1) is 11.4 Å². The quantitative estimate of drug-likeness (QED) is 0.620. The second kappa shape index (κ2) is 8.48. The molecule has 0 unspecified atom stereocenters. The molecule has 6 heteroatoms. The molecular formula is C21H21BrFN3O. The average molecular weight is 430 g/mol. The number of para-hydroxylation sites is 1. The molecule has 0 fully saturated rings. The first-order valence-corrected chi connectivity index (χ1v) is 9.56. The Morgan fingerprint density at radius 2 is 1.93 bits per heavy atom. The molecule has 0 aliphatic heterocycles.